The van der Waals surface area contributed by atoms with Crippen LogP contribution in [0.2, 0.25) is 0 Å². The van der Waals surface area contributed by atoms with Gasteiger partial charge < -0.3 is 4.74 Å². The molecule has 0 unspecified atom stereocenters. The topological polar surface area (TPSA) is 51.2 Å². The maximum atomic E-state index is 12.4. The number of amides is 1. The van der Waals surface area contributed by atoms with Gasteiger partial charge in [-0.2, -0.15) is 0 Å². The lowest BCUT2D eigenvalue weighted by molar-refractivity contribution is 0.102. The van der Waals surface area contributed by atoms with Gasteiger partial charge in [0, 0.05) is 16.0 Å². The summed E-state index contributed by atoms with van der Waals surface area (Å²) in [4.78, 5) is 18.0. The fraction of sp³-hybridized carbons (Fsp3) is 0.200. The molecule has 1 aromatic heterocycles. The van der Waals surface area contributed by atoms with Gasteiger partial charge in [-0.25, -0.2) is 4.98 Å². The van der Waals surface area contributed by atoms with Crippen LogP contribution in [-0.2, 0) is 0 Å². The summed E-state index contributed by atoms with van der Waals surface area (Å²) in [6.45, 7) is 6.01. The molecular weight excluding hydrogens is 332 g/mol. The van der Waals surface area contributed by atoms with Crippen molar-refractivity contribution in [1.82, 2.24) is 4.98 Å². The van der Waals surface area contributed by atoms with Crippen LogP contribution >= 0.6 is 11.3 Å². The van der Waals surface area contributed by atoms with Gasteiger partial charge in [-0.15, -0.1) is 11.3 Å². The first kappa shape index (κ1) is 17.2. The van der Waals surface area contributed by atoms with Gasteiger partial charge in [0.1, 0.15) is 5.75 Å². The molecule has 0 aliphatic rings. The summed E-state index contributed by atoms with van der Waals surface area (Å²) in [6.07, 6.45) is 0. The number of nitrogens with one attached hydrogen (secondary N) is 1. The molecule has 0 radical (unpaired) electrons. The van der Waals surface area contributed by atoms with Gasteiger partial charge in [0.05, 0.1) is 12.8 Å². The number of hydrogen-bond acceptors (Lipinski definition) is 4. The van der Waals surface area contributed by atoms with E-state index in [2.05, 4.69) is 10.3 Å². The molecule has 25 heavy (non-hydrogen) atoms. The van der Waals surface area contributed by atoms with E-state index < -0.39 is 0 Å². The highest BCUT2D eigenvalue weighted by Gasteiger charge is 2.14. The number of aryl methyl sites for hydroxylation is 3. The molecule has 0 aliphatic carbocycles. The molecule has 0 saturated heterocycles. The van der Waals surface area contributed by atoms with E-state index in [1.54, 1.807) is 7.11 Å². The summed E-state index contributed by atoms with van der Waals surface area (Å²) in [5, 5.41) is 3.49. The summed E-state index contributed by atoms with van der Waals surface area (Å²) >= 11 is 1.48. The Kier molecular flexibility index (Phi) is 4.86. The second kappa shape index (κ2) is 7.07. The molecule has 3 rings (SSSR count). The van der Waals surface area contributed by atoms with Crippen molar-refractivity contribution in [3.63, 3.8) is 0 Å². The van der Waals surface area contributed by atoms with Crippen molar-refractivity contribution < 1.29 is 9.53 Å². The van der Waals surface area contributed by atoms with Crippen molar-refractivity contribution in [1.29, 1.82) is 0 Å². The van der Waals surface area contributed by atoms with Crippen LogP contribution in [0.5, 0.6) is 5.75 Å². The molecule has 0 atom stereocenters. The van der Waals surface area contributed by atoms with E-state index >= 15 is 0 Å². The first-order valence-electron chi connectivity index (χ1n) is 7.98. The minimum absolute atomic E-state index is 0.147. The van der Waals surface area contributed by atoms with Crippen molar-refractivity contribution in [2.45, 2.75) is 20.8 Å². The largest absolute Gasteiger partial charge is 0.496 e. The lowest BCUT2D eigenvalue weighted by Crippen LogP contribution is -2.11. The minimum atomic E-state index is -0.147. The van der Waals surface area contributed by atoms with Gasteiger partial charge in [-0.1, -0.05) is 17.7 Å². The van der Waals surface area contributed by atoms with E-state index in [0.29, 0.717) is 10.7 Å². The lowest BCUT2D eigenvalue weighted by atomic mass is 10.1. The Morgan fingerprint density at radius 2 is 1.80 bits per heavy atom. The summed E-state index contributed by atoms with van der Waals surface area (Å²) < 4.78 is 5.31. The molecule has 0 bridgehead atoms. The molecule has 4 nitrogen and oxygen atoms in total. The van der Waals surface area contributed by atoms with Gasteiger partial charge in [-0.3, -0.25) is 10.1 Å². The maximum absolute atomic E-state index is 12.4. The van der Waals surface area contributed by atoms with E-state index in [1.807, 2.05) is 63.2 Å². The summed E-state index contributed by atoms with van der Waals surface area (Å²) in [6, 6.07) is 13.5. The normalized spacial score (nSPS) is 10.6. The molecule has 0 fully saturated rings. The number of carbonyl (C=O) groups is 1. The molecule has 5 heteroatoms. The van der Waals surface area contributed by atoms with Crippen LogP contribution in [-0.4, -0.2) is 18.0 Å². The zero-order valence-electron chi connectivity index (χ0n) is 14.7. The highest BCUT2D eigenvalue weighted by atomic mass is 32.1. The molecule has 0 saturated carbocycles. The van der Waals surface area contributed by atoms with Gasteiger partial charge in [0.15, 0.2) is 5.13 Å². The Hall–Kier alpha value is -2.66. The third kappa shape index (κ3) is 3.72. The number of methoxy groups -OCH3 is 1. The van der Waals surface area contributed by atoms with Crippen molar-refractivity contribution in [2.75, 3.05) is 12.4 Å². The average Bonchev–Trinajstić information content (AvgIpc) is 2.95. The Morgan fingerprint density at radius 3 is 2.44 bits per heavy atom. The fourth-order valence-electron chi connectivity index (χ4n) is 2.62. The SMILES string of the molecule is COc1ccc(-c2nc(NC(=O)c3ccc(C)cc3)sc2C)cc1C. The van der Waals surface area contributed by atoms with Crippen LogP contribution < -0.4 is 10.1 Å². The van der Waals surface area contributed by atoms with Crippen LogP contribution in [0.1, 0.15) is 26.4 Å². The van der Waals surface area contributed by atoms with E-state index in [-0.39, 0.29) is 5.91 Å². The molecular formula is C20H20N2O2S. The Balaban J connectivity index is 1.84. The molecule has 1 N–H and O–H groups in total. The van der Waals surface area contributed by atoms with Crippen molar-refractivity contribution in [3.05, 3.63) is 64.0 Å². The highest BCUT2D eigenvalue weighted by Crippen LogP contribution is 2.32. The van der Waals surface area contributed by atoms with Crippen LogP contribution in [0.4, 0.5) is 5.13 Å². The molecule has 1 heterocycles. The predicted molar refractivity (Wildman–Crippen MR) is 103 cm³/mol. The van der Waals surface area contributed by atoms with Gasteiger partial charge in [0.2, 0.25) is 0 Å². The number of anilines is 1. The zero-order chi connectivity index (χ0) is 18.0. The monoisotopic (exact) mass is 352 g/mol. The number of aromatic nitrogens is 1. The average molecular weight is 352 g/mol. The summed E-state index contributed by atoms with van der Waals surface area (Å²) in [7, 11) is 1.66. The molecule has 3 aromatic rings. The third-order valence-electron chi connectivity index (χ3n) is 4.00. The number of carbonyl (C=O) groups excluding carboxylic acids is 1. The van der Waals surface area contributed by atoms with Crippen LogP contribution in [0.3, 0.4) is 0 Å². The lowest BCUT2D eigenvalue weighted by Gasteiger charge is -2.06. The maximum Gasteiger partial charge on any atom is 0.257 e. The van der Waals surface area contributed by atoms with Crippen molar-refractivity contribution in [3.8, 4) is 17.0 Å². The number of thiazole rings is 1. The van der Waals surface area contributed by atoms with Crippen molar-refractivity contribution in [2.24, 2.45) is 0 Å². The first-order valence-corrected chi connectivity index (χ1v) is 8.80. The van der Waals surface area contributed by atoms with Crippen LogP contribution in [0.15, 0.2) is 42.5 Å². The van der Waals surface area contributed by atoms with Gasteiger partial charge in [0.25, 0.3) is 5.91 Å². The van der Waals surface area contributed by atoms with Crippen molar-refractivity contribution >= 4 is 22.4 Å². The predicted octanol–water partition coefficient (Wildman–Crippen LogP) is 5.00. The number of ether oxygens (including phenoxy) is 1. The van der Waals surface area contributed by atoms with E-state index in [9.17, 15) is 4.79 Å². The van der Waals surface area contributed by atoms with Gasteiger partial charge in [-0.05, 0) is 56.7 Å². The van der Waals surface area contributed by atoms with Crippen LogP contribution in [0.25, 0.3) is 11.3 Å². The highest BCUT2D eigenvalue weighted by molar-refractivity contribution is 7.16. The van der Waals surface area contributed by atoms with E-state index in [4.69, 9.17) is 4.74 Å². The second-order valence-corrected chi connectivity index (χ2v) is 7.13. The second-order valence-electron chi connectivity index (χ2n) is 5.93. The minimum Gasteiger partial charge on any atom is -0.496 e. The van der Waals surface area contributed by atoms with E-state index in [1.165, 1.54) is 11.3 Å². The smallest absolute Gasteiger partial charge is 0.257 e. The van der Waals surface area contributed by atoms with E-state index in [0.717, 1.165) is 33.0 Å². The molecule has 0 spiro atoms. The Labute approximate surface area is 151 Å². The number of hydrogen-bond donors (Lipinski definition) is 1. The van der Waals surface area contributed by atoms with Crippen LogP contribution in [0, 0.1) is 20.8 Å². The first-order chi connectivity index (χ1) is 12.0. The number of benzene rings is 2. The quantitative estimate of drug-likeness (QED) is 0.719. The summed E-state index contributed by atoms with van der Waals surface area (Å²) in [5.74, 6) is 0.704. The zero-order valence-corrected chi connectivity index (χ0v) is 15.5. The molecule has 2 aromatic carbocycles. The Bertz CT molecular complexity index is 914. The molecule has 1 amide bonds. The number of rotatable bonds is 4. The fourth-order valence-corrected chi connectivity index (χ4v) is 3.45. The number of nitrogens with zero attached hydrogens (tertiary/aromatic N) is 1. The molecule has 128 valence electrons. The third-order valence-corrected chi connectivity index (χ3v) is 4.89. The standard InChI is InChI=1S/C20H20N2O2S/c1-12-5-7-15(8-6-12)19(23)22-20-21-18(14(3)25-20)16-9-10-17(24-4)13(2)11-16/h5-11H,1-4H3,(H,21,22,23). The Morgan fingerprint density at radius 1 is 1.08 bits per heavy atom. The molecule has 0 aliphatic heterocycles. The van der Waals surface area contributed by atoms with Gasteiger partial charge >= 0.3 is 0 Å². The summed E-state index contributed by atoms with van der Waals surface area (Å²) in [5.41, 5.74) is 4.70.